The van der Waals surface area contributed by atoms with Crippen molar-refractivity contribution in [3.8, 4) is 0 Å². The number of nitrogen functional groups attached to an aromatic ring is 1. The molecule has 5 nitrogen and oxygen atoms in total. The highest BCUT2D eigenvalue weighted by atomic mass is 15.3. The van der Waals surface area contributed by atoms with Crippen LogP contribution < -0.4 is 10.6 Å². The third-order valence-corrected chi connectivity index (χ3v) is 3.40. The van der Waals surface area contributed by atoms with Crippen molar-refractivity contribution >= 4 is 11.4 Å². The molecular weight excluding hydrogens is 226 g/mol. The summed E-state index contributed by atoms with van der Waals surface area (Å²) in [5.41, 5.74) is 7.86. The van der Waals surface area contributed by atoms with Gasteiger partial charge in [0.05, 0.1) is 17.6 Å². The van der Waals surface area contributed by atoms with E-state index < -0.39 is 0 Å². The van der Waals surface area contributed by atoms with Gasteiger partial charge in [-0.3, -0.25) is 9.88 Å². The lowest BCUT2D eigenvalue weighted by Crippen LogP contribution is -2.48. The number of aromatic nitrogens is 1. The fraction of sp³-hybridized carbons (Fsp3) is 0.615. The molecule has 18 heavy (non-hydrogen) atoms. The predicted molar refractivity (Wildman–Crippen MR) is 75.9 cm³/mol. The predicted octanol–water partition coefficient (Wildman–Crippen LogP) is 0.347. The molecule has 0 bridgehead atoms. The van der Waals surface area contributed by atoms with Crippen LogP contribution in [0, 0.1) is 0 Å². The van der Waals surface area contributed by atoms with Crippen LogP contribution in [0.15, 0.2) is 18.5 Å². The summed E-state index contributed by atoms with van der Waals surface area (Å²) in [6.45, 7) is 6.57. The van der Waals surface area contributed by atoms with Gasteiger partial charge in [0.25, 0.3) is 0 Å². The topological polar surface area (TPSA) is 48.6 Å². The van der Waals surface area contributed by atoms with Crippen LogP contribution in [0.1, 0.15) is 0 Å². The fourth-order valence-corrected chi connectivity index (χ4v) is 2.24. The second-order valence-electron chi connectivity index (χ2n) is 5.07. The third-order valence-electron chi connectivity index (χ3n) is 3.40. The van der Waals surface area contributed by atoms with Crippen LogP contribution in [0.4, 0.5) is 11.4 Å². The molecule has 0 aliphatic carbocycles. The third kappa shape index (κ3) is 3.34. The lowest BCUT2D eigenvalue weighted by atomic mass is 10.2. The summed E-state index contributed by atoms with van der Waals surface area (Å²) in [4.78, 5) is 11.1. The van der Waals surface area contributed by atoms with Gasteiger partial charge in [-0.05, 0) is 20.2 Å². The zero-order valence-electron chi connectivity index (χ0n) is 11.3. The summed E-state index contributed by atoms with van der Waals surface area (Å²) in [6.07, 6.45) is 3.54. The van der Waals surface area contributed by atoms with Crippen molar-refractivity contribution in [1.82, 2.24) is 14.8 Å². The zero-order chi connectivity index (χ0) is 13.0. The summed E-state index contributed by atoms with van der Waals surface area (Å²) >= 11 is 0. The molecule has 5 heteroatoms. The van der Waals surface area contributed by atoms with E-state index in [2.05, 4.69) is 33.8 Å². The van der Waals surface area contributed by atoms with Gasteiger partial charge < -0.3 is 15.5 Å². The Hall–Kier alpha value is -1.33. The molecule has 0 amide bonds. The molecule has 1 fully saturated rings. The number of nitrogens with zero attached hydrogens (tertiary/aromatic N) is 4. The standard InChI is InChI=1S/C13H23N5/c1-16(2)5-6-17-7-9-18(10-8-17)13-3-4-15-11-12(13)14/h3-4,11H,5-10,14H2,1-2H3. The maximum atomic E-state index is 5.96. The highest BCUT2D eigenvalue weighted by Gasteiger charge is 2.18. The van der Waals surface area contributed by atoms with Gasteiger partial charge in [0.15, 0.2) is 0 Å². The summed E-state index contributed by atoms with van der Waals surface area (Å²) in [6, 6.07) is 2.00. The van der Waals surface area contributed by atoms with Gasteiger partial charge in [-0.25, -0.2) is 0 Å². The van der Waals surface area contributed by atoms with E-state index >= 15 is 0 Å². The Kier molecular flexibility index (Phi) is 4.38. The van der Waals surface area contributed by atoms with Crippen LogP contribution in [0.2, 0.25) is 0 Å². The molecular formula is C13H23N5. The quantitative estimate of drug-likeness (QED) is 0.834. The Morgan fingerprint density at radius 3 is 2.61 bits per heavy atom. The molecule has 0 aromatic carbocycles. The molecule has 1 aliphatic rings. The van der Waals surface area contributed by atoms with E-state index in [4.69, 9.17) is 5.73 Å². The largest absolute Gasteiger partial charge is 0.396 e. The van der Waals surface area contributed by atoms with Crippen LogP contribution in [0.25, 0.3) is 0 Å². The maximum absolute atomic E-state index is 5.96. The van der Waals surface area contributed by atoms with E-state index in [0.717, 1.165) is 50.6 Å². The van der Waals surface area contributed by atoms with Crippen LogP contribution in [0.5, 0.6) is 0 Å². The molecule has 0 saturated carbocycles. The van der Waals surface area contributed by atoms with Crippen molar-refractivity contribution in [1.29, 1.82) is 0 Å². The minimum atomic E-state index is 0.777. The Balaban J connectivity index is 1.85. The number of pyridine rings is 1. The Bertz CT molecular complexity index is 371. The SMILES string of the molecule is CN(C)CCN1CCN(c2ccncc2N)CC1. The minimum absolute atomic E-state index is 0.777. The zero-order valence-corrected chi connectivity index (χ0v) is 11.3. The van der Waals surface area contributed by atoms with E-state index in [1.165, 1.54) is 0 Å². The molecule has 0 radical (unpaired) electrons. The summed E-state index contributed by atoms with van der Waals surface area (Å²) < 4.78 is 0. The molecule has 2 N–H and O–H groups in total. The number of piperazine rings is 1. The van der Waals surface area contributed by atoms with Crippen molar-refractivity contribution in [3.63, 3.8) is 0 Å². The van der Waals surface area contributed by atoms with Crippen LogP contribution in [-0.4, -0.2) is 68.1 Å². The van der Waals surface area contributed by atoms with E-state index in [-0.39, 0.29) is 0 Å². The van der Waals surface area contributed by atoms with Crippen molar-refractivity contribution in [2.24, 2.45) is 0 Å². The lowest BCUT2D eigenvalue weighted by molar-refractivity contribution is 0.229. The molecule has 1 aliphatic heterocycles. The molecule has 1 saturated heterocycles. The van der Waals surface area contributed by atoms with Gasteiger partial charge in [0.2, 0.25) is 0 Å². The van der Waals surface area contributed by atoms with Gasteiger partial charge >= 0.3 is 0 Å². The number of anilines is 2. The van der Waals surface area contributed by atoms with Gasteiger partial charge in [-0.15, -0.1) is 0 Å². The number of likely N-dealkylation sites (N-methyl/N-ethyl adjacent to an activating group) is 1. The highest BCUT2D eigenvalue weighted by molar-refractivity contribution is 5.66. The van der Waals surface area contributed by atoms with Crippen molar-refractivity contribution in [3.05, 3.63) is 18.5 Å². The number of nitrogens with two attached hydrogens (primary N) is 1. The maximum Gasteiger partial charge on any atom is 0.0738 e. The second kappa shape index (κ2) is 6.02. The van der Waals surface area contributed by atoms with Crippen molar-refractivity contribution in [2.45, 2.75) is 0 Å². The first-order chi connectivity index (χ1) is 8.66. The molecule has 0 unspecified atom stereocenters. The minimum Gasteiger partial charge on any atom is -0.396 e. The van der Waals surface area contributed by atoms with Crippen molar-refractivity contribution < 1.29 is 0 Å². The monoisotopic (exact) mass is 249 g/mol. The lowest BCUT2D eigenvalue weighted by Gasteiger charge is -2.36. The van der Waals surface area contributed by atoms with Crippen LogP contribution >= 0.6 is 0 Å². The van der Waals surface area contributed by atoms with Crippen molar-refractivity contribution in [2.75, 3.05) is 64.0 Å². The van der Waals surface area contributed by atoms with Crippen LogP contribution in [0.3, 0.4) is 0 Å². The second-order valence-corrected chi connectivity index (χ2v) is 5.07. The highest BCUT2D eigenvalue weighted by Crippen LogP contribution is 2.22. The first-order valence-electron chi connectivity index (χ1n) is 6.48. The van der Waals surface area contributed by atoms with Gasteiger partial charge in [0.1, 0.15) is 0 Å². The van der Waals surface area contributed by atoms with E-state index in [9.17, 15) is 0 Å². The molecule has 1 aromatic heterocycles. The van der Waals surface area contributed by atoms with E-state index in [1.54, 1.807) is 6.20 Å². The molecule has 2 rings (SSSR count). The average Bonchev–Trinajstić information content (AvgIpc) is 2.38. The smallest absolute Gasteiger partial charge is 0.0738 e. The number of hydrogen-bond donors (Lipinski definition) is 1. The molecule has 100 valence electrons. The van der Waals surface area contributed by atoms with Gasteiger partial charge in [-0.1, -0.05) is 0 Å². The Labute approximate surface area is 109 Å². The summed E-state index contributed by atoms with van der Waals surface area (Å²) in [5.74, 6) is 0. The number of hydrogen-bond acceptors (Lipinski definition) is 5. The molecule has 0 atom stereocenters. The first-order valence-corrected chi connectivity index (χ1v) is 6.48. The summed E-state index contributed by atoms with van der Waals surface area (Å²) in [5, 5.41) is 0. The van der Waals surface area contributed by atoms with E-state index in [1.807, 2.05) is 12.3 Å². The van der Waals surface area contributed by atoms with E-state index in [0.29, 0.717) is 0 Å². The van der Waals surface area contributed by atoms with Gasteiger partial charge in [0, 0.05) is 45.5 Å². The van der Waals surface area contributed by atoms with Crippen LogP contribution in [-0.2, 0) is 0 Å². The molecule has 0 spiro atoms. The van der Waals surface area contributed by atoms with Gasteiger partial charge in [-0.2, -0.15) is 0 Å². The molecule has 2 heterocycles. The number of rotatable bonds is 4. The molecule has 1 aromatic rings. The Morgan fingerprint density at radius 1 is 1.28 bits per heavy atom. The Morgan fingerprint density at radius 2 is 2.00 bits per heavy atom. The normalized spacial score (nSPS) is 17.4. The average molecular weight is 249 g/mol. The summed E-state index contributed by atoms with van der Waals surface area (Å²) in [7, 11) is 4.24. The fourth-order valence-electron chi connectivity index (χ4n) is 2.24. The first kappa shape index (κ1) is 13.1.